The van der Waals surface area contributed by atoms with E-state index in [9.17, 15) is 22.8 Å². The third-order valence-corrected chi connectivity index (χ3v) is 2.96. The number of halogens is 3. The zero-order valence-corrected chi connectivity index (χ0v) is 12.9. The molecule has 124 valence electrons. The number of hydrogen-bond acceptors (Lipinski definition) is 2. The maximum atomic E-state index is 12.4. The second-order valence-electron chi connectivity index (χ2n) is 6.00. The molecule has 0 saturated carbocycles. The highest BCUT2D eigenvalue weighted by Crippen LogP contribution is 2.28. The number of nitrogens with one attached hydrogen (secondary N) is 1. The Morgan fingerprint density at radius 1 is 1.13 bits per heavy atom. The average molecular weight is 326 g/mol. The van der Waals surface area contributed by atoms with Gasteiger partial charge in [0.15, 0.2) is 0 Å². The van der Waals surface area contributed by atoms with Gasteiger partial charge in [-0.3, -0.25) is 9.59 Å². The van der Waals surface area contributed by atoms with Crippen LogP contribution in [-0.2, 0) is 15.8 Å². The van der Waals surface area contributed by atoms with Crippen LogP contribution in [0.4, 0.5) is 13.2 Å². The molecule has 23 heavy (non-hydrogen) atoms. The summed E-state index contributed by atoms with van der Waals surface area (Å²) in [6.45, 7) is 5.18. The Labute approximate surface area is 132 Å². The molecule has 2 amide bonds. The van der Waals surface area contributed by atoms with E-state index in [0.717, 1.165) is 12.1 Å². The van der Waals surface area contributed by atoms with Crippen LogP contribution in [0.15, 0.2) is 24.3 Å². The molecule has 3 N–H and O–H groups in total. The molecule has 1 rings (SSSR count). The summed E-state index contributed by atoms with van der Waals surface area (Å²) in [6, 6.07) is 3.18. The Morgan fingerprint density at radius 3 is 2.04 bits per heavy atom. The smallest absolute Gasteiger partial charge is 0.368 e. The summed E-state index contributed by atoms with van der Waals surface area (Å²) in [7, 11) is 0. The van der Waals surface area contributed by atoms with Crippen LogP contribution in [0.3, 0.4) is 0 Å². The van der Waals surface area contributed by atoms with Crippen LogP contribution in [-0.4, -0.2) is 17.9 Å². The Bertz CT molecular complexity index is 647. The standard InChI is InChI=1S/C16H17F3N2O2/c1-15(2,3)13(14(20)23)21-12(22)9-6-10-4-7-11(8-5-10)16(17,18)19/h4-5,7-8,13H,1-3H3,(H2,20,23)(H,21,22)/t13-/m1/s1. The molecule has 0 bridgehead atoms. The number of benzene rings is 1. The first-order valence-corrected chi connectivity index (χ1v) is 6.70. The number of amides is 2. The maximum Gasteiger partial charge on any atom is 0.416 e. The Kier molecular flexibility index (Phi) is 5.43. The first kappa shape index (κ1) is 18.6. The Morgan fingerprint density at radius 2 is 1.65 bits per heavy atom. The van der Waals surface area contributed by atoms with Gasteiger partial charge in [0.2, 0.25) is 5.91 Å². The lowest BCUT2D eigenvalue weighted by molar-refractivity contribution is -0.137. The molecule has 0 aliphatic carbocycles. The third-order valence-electron chi connectivity index (χ3n) is 2.96. The predicted octanol–water partition coefficient (Wildman–Crippen LogP) is 2.07. The average Bonchev–Trinajstić information content (AvgIpc) is 2.40. The summed E-state index contributed by atoms with van der Waals surface area (Å²) in [5, 5.41) is 2.40. The molecule has 4 nitrogen and oxygen atoms in total. The van der Waals surface area contributed by atoms with Crippen molar-refractivity contribution in [1.82, 2.24) is 5.32 Å². The van der Waals surface area contributed by atoms with Gasteiger partial charge in [-0.2, -0.15) is 13.2 Å². The molecule has 0 aromatic heterocycles. The van der Waals surface area contributed by atoms with Crippen LogP contribution in [0.2, 0.25) is 0 Å². The summed E-state index contributed by atoms with van der Waals surface area (Å²) >= 11 is 0. The van der Waals surface area contributed by atoms with Gasteiger partial charge < -0.3 is 11.1 Å². The van der Waals surface area contributed by atoms with Gasteiger partial charge in [0.1, 0.15) is 6.04 Å². The van der Waals surface area contributed by atoms with Crippen molar-refractivity contribution in [1.29, 1.82) is 0 Å². The number of primary amides is 1. The molecule has 0 radical (unpaired) electrons. The molecule has 0 saturated heterocycles. The first-order chi connectivity index (χ1) is 10.4. The zero-order valence-electron chi connectivity index (χ0n) is 12.9. The van der Waals surface area contributed by atoms with Crippen molar-refractivity contribution in [3.05, 3.63) is 35.4 Å². The van der Waals surface area contributed by atoms with Crippen molar-refractivity contribution in [2.75, 3.05) is 0 Å². The van der Waals surface area contributed by atoms with Crippen molar-refractivity contribution in [2.45, 2.75) is 33.0 Å². The molecule has 0 fully saturated rings. The second kappa shape index (κ2) is 6.73. The lowest BCUT2D eigenvalue weighted by atomic mass is 9.86. The van der Waals surface area contributed by atoms with Crippen molar-refractivity contribution >= 4 is 11.8 Å². The minimum atomic E-state index is -4.43. The van der Waals surface area contributed by atoms with E-state index in [1.165, 1.54) is 12.1 Å². The SMILES string of the molecule is CC(C)(C)[C@H](NC(=O)C#Cc1ccc(C(F)(F)F)cc1)C(N)=O. The van der Waals surface area contributed by atoms with Gasteiger partial charge in [0.25, 0.3) is 5.91 Å². The normalized spacial score (nSPS) is 12.8. The van der Waals surface area contributed by atoms with E-state index in [0.29, 0.717) is 0 Å². The Hall–Kier alpha value is -2.49. The van der Waals surface area contributed by atoms with E-state index in [-0.39, 0.29) is 5.56 Å². The monoisotopic (exact) mass is 326 g/mol. The Balaban J connectivity index is 2.83. The molecule has 0 aliphatic heterocycles. The summed E-state index contributed by atoms with van der Waals surface area (Å²) in [5.74, 6) is 3.24. The van der Waals surface area contributed by atoms with E-state index in [2.05, 4.69) is 17.2 Å². The predicted molar refractivity (Wildman–Crippen MR) is 78.9 cm³/mol. The molecular formula is C16H17F3N2O2. The van der Waals surface area contributed by atoms with E-state index in [1.54, 1.807) is 20.8 Å². The van der Waals surface area contributed by atoms with Gasteiger partial charge in [-0.15, -0.1) is 0 Å². The van der Waals surface area contributed by atoms with Crippen LogP contribution in [0.1, 0.15) is 31.9 Å². The first-order valence-electron chi connectivity index (χ1n) is 6.70. The third kappa shape index (κ3) is 5.66. The summed E-state index contributed by atoms with van der Waals surface area (Å²) < 4.78 is 37.3. The topological polar surface area (TPSA) is 72.2 Å². The van der Waals surface area contributed by atoms with Crippen LogP contribution >= 0.6 is 0 Å². The number of alkyl halides is 3. The quantitative estimate of drug-likeness (QED) is 0.817. The van der Waals surface area contributed by atoms with Crippen molar-refractivity contribution in [2.24, 2.45) is 11.1 Å². The van der Waals surface area contributed by atoms with E-state index in [1.807, 2.05) is 0 Å². The van der Waals surface area contributed by atoms with Crippen LogP contribution in [0.5, 0.6) is 0 Å². The number of nitrogens with two attached hydrogens (primary N) is 1. The fourth-order valence-electron chi connectivity index (χ4n) is 1.75. The number of hydrogen-bond donors (Lipinski definition) is 2. The molecule has 0 aliphatic rings. The lowest BCUT2D eigenvalue weighted by Gasteiger charge is -2.27. The fraction of sp³-hybridized carbons (Fsp3) is 0.375. The van der Waals surface area contributed by atoms with Gasteiger partial charge in [-0.25, -0.2) is 0 Å². The molecule has 0 spiro atoms. The molecule has 1 atom stereocenters. The molecular weight excluding hydrogens is 309 g/mol. The lowest BCUT2D eigenvalue weighted by Crippen LogP contribution is -2.51. The highest BCUT2D eigenvalue weighted by Gasteiger charge is 2.31. The van der Waals surface area contributed by atoms with Gasteiger partial charge in [-0.1, -0.05) is 26.7 Å². The van der Waals surface area contributed by atoms with Gasteiger partial charge >= 0.3 is 6.18 Å². The van der Waals surface area contributed by atoms with E-state index >= 15 is 0 Å². The highest BCUT2D eigenvalue weighted by atomic mass is 19.4. The van der Waals surface area contributed by atoms with Crippen molar-refractivity contribution < 1.29 is 22.8 Å². The largest absolute Gasteiger partial charge is 0.416 e. The van der Waals surface area contributed by atoms with Gasteiger partial charge in [0.05, 0.1) is 5.56 Å². The fourth-order valence-corrected chi connectivity index (χ4v) is 1.75. The zero-order chi connectivity index (χ0) is 17.8. The number of carbonyl (C=O) groups excluding carboxylic acids is 2. The van der Waals surface area contributed by atoms with Crippen LogP contribution in [0, 0.1) is 17.3 Å². The van der Waals surface area contributed by atoms with Gasteiger partial charge in [-0.05, 0) is 29.7 Å². The summed E-state index contributed by atoms with van der Waals surface area (Å²) in [5.41, 5.74) is 4.09. The van der Waals surface area contributed by atoms with Crippen LogP contribution in [0.25, 0.3) is 0 Å². The van der Waals surface area contributed by atoms with Gasteiger partial charge in [0, 0.05) is 11.5 Å². The van der Waals surface area contributed by atoms with E-state index < -0.39 is 35.0 Å². The summed E-state index contributed by atoms with van der Waals surface area (Å²) in [4.78, 5) is 23.1. The minimum Gasteiger partial charge on any atom is -0.368 e. The van der Waals surface area contributed by atoms with E-state index in [4.69, 9.17) is 5.73 Å². The number of carbonyl (C=O) groups is 2. The summed E-state index contributed by atoms with van der Waals surface area (Å²) in [6.07, 6.45) is -4.43. The molecule has 0 heterocycles. The molecule has 7 heteroatoms. The highest BCUT2D eigenvalue weighted by molar-refractivity contribution is 5.97. The number of rotatable bonds is 2. The van der Waals surface area contributed by atoms with Crippen molar-refractivity contribution in [3.63, 3.8) is 0 Å². The molecule has 1 aromatic carbocycles. The van der Waals surface area contributed by atoms with Crippen molar-refractivity contribution in [3.8, 4) is 11.8 Å². The second-order valence-corrected chi connectivity index (χ2v) is 6.00. The minimum absolute atomic E-state index is 0.250. The molecule has 1 aromatic rings. The van der Waals surface area contributed by atoms with Crippen LogP contribution < -0.4 is 11.1 Å². The molecule has 0 unspecified atom stereocenters. The maximum absolute atomic E-state index is 12.4.